The smallest absolute Gasteiger partial charge is 0.148 e. The van der Waals surface area contributed by atoms with Crippen molar-refractivity contribution in [2.45, 2.75) is 98.7 Å². The zero-order chi connectivity index (χ0) is 43.1. The minimum absolute atomic E-state index is 0. The molecule has 0 atom stereocenters. The topological polar surface area (TPSA) is 50.9 Å². The summed E-state index contributed by atoms with van der Waals surface area (Å²) in [4.78, 5) is 10.9. The number of aromatic nitrogens is 3. The van der Waals surface area contributed by atoms with Crippen LogP contribution in [0.5, 0.6) is 5.75 Å². The molecule has 12 saturated carbocycles. The molecule has 4 nitrogen and oxygen atoms in total. The van der Waals surface area contributed by atoms with Crippen molar-refractivity contribution in [1.29, 1.82) is 0 Å². The summed E-state index contributed by atoms with van der Waals surface area (Å²) in [6.07, 6.45) is 17.1. The summed E-state index contributed by atoms with van der Waals surface area (Å²) in [6.45, 7) is 0. The minimum atomic E-state index is 0. The average Bonchev–Trinajstić information content (AvgIpc) is 3.60. The molecule has 67 heavy (non-hydrogen) atoms. The Labute approximate surface area is 407 Å². The molecule has 20 rings (SSSR count). The third kappa shape index (κ3) is 5.40. The number of pyridine rings is 1. The maximum Gasteiger partial charge on any atom is 0.148 e. The van der Waals surface area contributed by atoms with Crippen LogP contribution < -0.4 is 0 Å². The van der Waals surface area contributed by atoms with Gasteiger partial charge in [-0.25, -0.2) is 4.98 Å². The van der Waals surface area contributed by atoms with Gasteiger partial charge in [0.15, 0.2) is 0 Å². The first-order chi connectivity index (χ1) is 32.3. The fourth-order valence-corrected chi connectivity index (χ4v) is 15.0. The molecule has 8 aromatic rings. The van der Waals surface area contributed by atoms with Gasteiger partial charge in [0, 0.05) is 44.1 Å². The monoisotopic (exact) mass is 1050 g/mol. The molecule has 1 N–H and O–H groups in total. The normalized spacial score (nSPS) is 30.4. The van der Waals surface area contributed by atoms with Crippen LogP contribution in [-0.2, 0) is 42.7 Å². The van der Waals surface area contributed by atoms with Crippen molar-refractivity contribution in [2.75, 3.05) is 0 Å². The minimum Gasteiger partial charge on any atom is -0.507 e. The Morgan fingerprint density at radius 2 is 1.07 bits per heavy atom. The van der Waals surface area contributed by atoms with E-state index in [9.17, 15) is 5.11 Å². The van der Waals surface area contributed by atoms with E-state index < -0.39 is 0 Å². The second kappa shape index (κ2) is 13.6. The zero-order valence-electron chi connectivity index (χ0n) is 37.7. The van der Waals surface area contributed by atoms with Crippen LogP contribution in [0.2, 0.25) is 0 Å². The predicted octanol–water partition coefficient (Wildman–Crippen LogP) is 14.5. The van der Waals surface area contributed by atoms with Gasteiger partial charge in [-0.05, 0) is 181 Å². The van der Waals surface area contributed by atoms with Crippen LogP contribution >= 0.6 is 0 Å². The molecule has 0 amide bonds. The van der Waals surface area contributed by atoms with Crippen LogP contribution in [0.15, 0.2) is 140 Å². The summed E-state index contributed by atoms with van der Waals surface area (Å²) in [6, 6.07) is 53.6. The average molecular weight is 1050 g/mol. The number of nitrogens with zero attached hydrogens (tertiary/aromatic N) is 3. The maximum absolute atomic E-state index is 12.9. The van der Waals surface area contributed by atoms with Crippen molar-refractivity contribution in [2.24, 2.45) is 23.7 Å². The predicted molar refractivity (Wildman–Crippen MR) is 263 cm³/mol. The Kier molecular flexibility index (Phi) is 7.98. The molecule has 2 aromatic heterocycles. The number of hydrogen-bond donors (Lipinski definition) is 1. The van der Waals surface area contributed by atoms with Crippen LogP contribution in [-0.4, -0.2) is 19.6 Å². The molecule has 8 bridgehead atoms. The van der Waals surface area contributed by atoms with Crippen LogP contribution in [0.3, 0.4) is 0 Å². The second-order valence-corrected chi connectivity index (χ2v) is 23.0. The van der Waals surface area contributed by atoms with Gasteiger partial charge in [0.2, 0.25) is 0 Å². The van der Waals surface area contributed by atoms with Crippen LogP contribution in [0.1, 0.15) is 99.3 Å². The molecule has 332 valence electrons. The Balaban J connectivity index is 0.00000410. The van der Waals surface area contributed by atoms with E-state index in [0.717, 1.165) is 79.7 Å². The van der Waals surface area contributed by atoms with Gasteiger partial charge in [-0.1, -0.05) is 102 Å². The number of imidazole rings is 1. The number of phenolic OH excluding ortho intramolecular Hbond substituents is 1. The molecule has 2 heterocycles. The van der Waals surface area contributed by atoms with E-state index in [2.05, 4.69) is 144 Å². The summed E-state index contributed by atoms with van der Waals surface area (Å²) in [5.41, 5.74) is 19.2. The summed E-state index contributed by atoms with van der Waals surface area (Å²) < 4.78 is 2.43. The fourth-order valence-electron chi connectivity index (χ4n) is 15.0. The van der Waals surface area contributed by atoms with E-state index in [-0.39, 0.29) is 37.3 Å². The first kappa shape index (κ1) is 39.4. The zero-order valence-corrected chi connectivity index (χ0v) is 40.0. The van der Waals surface area contributed by atoms with E-state index in [1.165, 1.54) is 116 Å². The first-order valence-electron chi connectivity index (χ1n) is 25.0. The molecule has 6 aromatic carbocycles. The standard InChI is InChI=1S/C62H52N3O.Pt/c66-57-51(23-48(61-31-39(32-61)33-61)24-52(57)62-34-40(35-62)36-62)58-64-56-49(12-7-13-55(56)65(58)54-15-14-46(59-25-37(26-59)27-59)22-50(54)42-10-5-2-6-11-42)44-18-45(20-47(19-44)60-28-38(29-60)30-60)53-21-43(16-17-63-53)41-8-3-1-4-9-41;/h1-17,19-24,37-40,66H,25-36H2;/q-1;. The number of phenols is 1. The fraction of sp³-hybridized carbons (Fsp3) is 0.323. The number of aromatic hydroxyl groups is 1. The summed E-state index contributed by atoms with van der Waals surface area (Å²) >= 11 is 0. The Morgan fingerprint density at radius 1 is 0.493 bits per heavy atom. The van der Waals surface area contributed by atoms with E-state index in [4.69, 9.17) is 9.97 Å². The molecule has 0 radical (unpaired) electrons. The number of hydrogen-bond acceptors (Lipinski definition) is 3. The van der Waals surface area contributed by atoms with Gasteiger partial charge in [0.05, 0.1) is 22.3 Å². The third-order valence-corrected chi connectivity index (χ3v) is 19.2. The van der Waals surface area contributed by atoms with Crippen molar-refractivity contribution < 1.29 is 26.2 Å². The molecular weight excluding hydrogens is 998 g/mol. The summed E-state index contributed by atoms with van der Waals surface area (Å²) in [5, 5.41) is 12.9. The van der Waals surface area contributed by atoms with Gasteiger partial charge in [-0.15, -0.1) is 29.3 Å². The van der Waals surface area contributed by atoms with Crippen LogP contribution in [0.25, 0.3) is 72.7 Å². The van der Waals surface area contributed by atoms with E-state index in [1.807, 2.05) is 6.20 Å². The van der Waals surface area contributed by atoms with Crippen LogP contribution in [0, 0.1) is 29.7 Å². The summed E-state index contributed by atoms with van der Waals surface area (Å²) in [5.74, 6) is 4.69. The quantitative estimate of drug-likeness (QED) is 0.139. The Morgan fingerprint density at radius 3 is 1.70 bits per heavy atom. The van der Waals surface area contributed by atoms with Gasteiger partial charge in [0.1, 0.15) is 11.6 Å². The van der Waals surface area contributed by atoms with E-state index >= 15 is 0 Å². The molecule has 12 aliphatic rings. The number of rotatable bonds is 10. The van der Waals surface area contributed by atoms with Gasteiger partial charge < -0.3 is 5.11 Å². The number of benzene rings is 6. The molecule has 0 saturated heterocycles. The molecule has 0 unspecified atom stereocenters. The van der Waals surface area contributed by atoms with Crippen molar-refractivity contribution in [3.05, 3.63) is 168 Å². The largest absolute Gasteiger partial charge is 0.507 e. The molecule has 12 fully saturated rings. The molecule has 0 spiro atoms. The van der Waals surface area contributed by atoms with Crippen molar-refractivity contribution in [1.82, 2.24) is 14.5 Å². The van der Waals surface area contributed by atoms with E-state index in [1.54, 1.807) is 0 Å². The van der Waals surface area contributed by atoms with Crippen LogP contribution in [0.4, 0.5) is 0 Å². The summed E-state index contributed by atoms with van der Waals surface area (Å²) in [7, 11) is 0. The van der Waals surface area contributed by atoms with Crippen molar-refractivity contribution in [3.63, 3.8) is 0 Å². The van der Waals surface area contributed by atoms with Gasteiger partial charge in [-0.3, -0.25) is 9.55 Å². The first-order valence-corrected chi connectivity index (χ1v) is 25.0. The van der Waals surface area contributed by atoms with Gasteiger partial charge >= 0.3 is 0 Å². The molecule has 0 aliphatic heterocycles. The van der Waals surface area contributed by atoms with Gasteiger partial charge in [-0.2, -0.15) is 0 Å². The molecule has 12 aliphatic carbocycles. The van der Waals surface area contributed by atoms with Gasteiger partial charge in [0.25, 0.3) is 0 Å². The number of para-hydroxylation sites is 1. The Bertz CT molecular complexity index is 3340. The van der Waals surface area contributed by atoms with Crippen molar-refractivity contribution >= 4 is 11.0 Å². The van der Waals surface area contributed by atoms with E-state index in [0.29, 0.717) is 11.2 Å². The third-order valence-electron chi connectivity index (χ3n) is 19.2. The maximum atomic E-state index is 12.9. The number of fused-ring (bicyclic) bond motifs is 1. The molecular formula is C62H52N3OPt-. The SMILES string of the molecule is Oc1c(-c2nc3c(-c4[c-]c(-c5cc(-c6ccccc6)ccn5)cc(C56CC(C5)C6)c4)cccc3n2-c2ccc(C34CC(C3)C4)cc2-c2ccccc2)cc(C23CC(C2)C3)cc1C12CC(C1)C2.[Pt]. The second-order valence-electron chi connectivity index (χ2n) is 23.0. The molecule has 5 heteroatoms. The van der Waals surface area contributed by atoms with Crippen molar-refractivity contribution in [3.8, 4) is 67.5 Å². The Hall–Kier alpha value is -5.57.